The van der Waals surface area contributed by atoms with E-state index in [9.17, 15) is 14.4 Å². The number of hydrogen-bond acceptors (Lipinski definition) is 5. The number of carbonyl (C=O) groups is 3. The van der Waals surface area contributed by atoms with Gasteiger partial charge >= 0.3 is 0 Å². The molecule has 7 nitrogen and oxygen atoms in total. The van der Waals surface area contributed by atoms with Gasteiger partial charge in [0.25, 0.3) is 5.91 Å². The zero-order chi connectivity index (χ0) is 20.1. The van der Waals surface area contributed by atoms with Crippen LogP contribution in [0.5, 0.6) is 0 Å². The van der Waals surface area contributed by atoms with Crippen molar-refractivity contribution in [2.45, 2.75) is 57.3 Å². The number of nitrogens with zero attached hydrogens (tertiary/aromatic N) is 2. The molecule has 1 aromatic rings. The van der Waals surface area contributed by atoms with Crippen LogP contribution in [0, 0.1) is 11.8 Å². The van der Waals surface area contributed by atoms with Gasteiger partial charge in [0.2, 0.25) is 11.8 Å². The fourth-order valence-corrected chi connectivity index (χ4v) is 5.79. The quantitative estimate of drug-likeness (QED) is 0.744. The van der Waals surface area contributed by atoms with Gasteiger partial charge in [-0.25, -0.2) is 0 Å². The zero-order valence-electron chi connectivity index (χ0n) is 16.6. The average molecular weight is 396 g/mol. The molecule has 1 aromatic carbocycles. The minimum absolute atomic E-state index is 0.100. The van der Waals surface area contributed by atoms with Crippen molar-refractivity contribution >= 4 is 17.7 Å². The summed E-state index contributed by atoms with van der Waals surface area (Å²) in [4.78, 5) is 40.9. The van der Waals surface area contributed by atoms with Crippen LogP contribution >= 0.6 is 0 Å². The Bertz CT molecular complexity index is 870. The molecule has 3 heterocycles. The number of benzene rings is 1. The largest absolute Gasteiger partial charge is 0.328 e. The van der Waals surface area contributed by atoms with Crippen molar-refractivity contribution in [2.75, 3.05) is 13.1 Å². The lowest BCUT2D eigenvalue weighted by Gasteiger charge is -2.35. The highest BCUT2D eigenvalue weighted by atomic mass is 16.2. The highest BCUT2D eigenvalue weighted by molar-refractivity contribution is 6.05. The van der Waals surface area contributed by atoms with Crippen molar-refractivity contribution in [3.05, 3.63) is 34.9 Å². The molecule has 154 valence electrons. The van der Waals surface area contributed by atoms with E-state index in [0.29, 0.717) is 30.5 Å². The van der Waals surface area contributed by atoms with Crippen LogP contribution in [0.15, 0.2) is 18.2 Å². The molecular weight excluding hydrogens is 368 g/mol. The molecule has 3 amide bonds. The number of likely N-dealkylation sites (tertiary alicyclic amines) is 1. The Morgan fingerprint density at radius 2 is 1.93 bits per heavy atom. The summed E-state index contributed by atoms with van der Waals surface area (Å²) in [6, 6.07) is 5.70. The summed E-state index contributed by atoms with van der Waals surface area (Å²) in [7, 11) is 0. The van der Waals surface area contributed by atoms with Crippen LogP contribution in [0.1, 0.15) is 53.6 Å². The predicted molar refractivity (Wildman–Crippen MR) is 107 cm³/mol. The third-order valence-corrected chi connectivity index (χ3v) is 7.26. The van der Waals surface area contributed by atoms with E-state index in [2.05, 4.69) is 16.3 Å². The van der Waals surface area contributed by atoms with Gasteiger partial charge in [-0.1, -0.05) is 12.1 Å². The Morgan fingerprint density at radius 3 is 2.76 bits per heavy atom. The van der Waals surface area contributed by atoms with Crippen molar-refractivity contribution in [1.82, 2.24) is 15.1 Å². The van der Waals surface area contributed by atoms with Crippen molar-refractivity contribution in [3.63, 3.8) is 0 Å². The van der Waals surface area contributed by atoms with Crippen molar-refractivity contribution in [2.24, 2.45) is 17.6 Å². The van der Waals surface area contributed by atoms with E-state index in [1.807, 2.05) is 12.1 Å². The lowest BCUT2D eigenvalue weighted by atomic mass is 9.88. The summed E-state index contributed by atoms with van der Waals surface area (Å²) < 4.78 is 0. The summed E-state index contributed by atoms with van der Waals surface area (Å²) >= 11 is 0. The highest BCUT2D eigenvalue weighted by Crippen LogP contribution is 2.38. The van der Waals surface area contributed by atoms with E-state index in [4.69, 9.17) is 5.73 Å². The summed E-state index contributed by atoms with van der Waals surface area (Å²) in [5.74, 6) is 0.746. The first-order valence-electron chi connectivity index (χ1n) is 10.7. The second kappa shape index (κ2) is 7.22. The van der Waals surface area contributed by atoms with Gasteiger partial charge in [-0.2, -0.15) is 0 Å². The van der Waals surface area contributed by atoms with Gasteiger partial charge in [0.05, 0.1) is 0 Å². The van der Waals surface area contributed by atoms with Crippen LogP contribution < -0.4 is 11.1 Å². The third-order valence-electron chi connectivity index (χ3n) is 7.26. The van der Waals surface area contributed by atoms with E-state index in [0.717, 1.165) is 44.0 Å². The second-order valence-corrected chi connectivity index (χ2v) is 9.12. The van der Waals surface area contributed by atoms with E-state index in [1.54, 1.807) is 4.90 Å². The summed E-state index contributed by atoms with van der Waals surface area (Å²) in [6.45, 7) is 3.43. The molecule has 3 aliphatic heterocycles. The Hall–Kier alpha value is -2.25. The number of rotatable bonds is 3. The molecule has 3 fully saturated rings. The van der Waals surface area contributed by atoms with E-state index in [-0.39, 0.29) is 24.1 Å². The summed E-state index contributed by atoms with van der Waals surface area (Å²) in [5, 5.41) is 2.37. The van der Waals surface area contributed by atoms with Gasteiger partial charge in [-0.05, 0) is 61.3 Å². The topological polar surface area (TPSA) is 95.7 Å². The first kappa shape index (κ1) is 18.8. The van der Waals surface area contributed by atoms with Gasteiger partial charge in [0, 0.05) is 37.7 Å². The summed E-state index contributed by atoms with van der Waals surface area (Å²) in [5.41, 5.74) is 9.08. The molecule has 0 aromatic heterocycles. The van der Waals surface area contributed by atoms with Crippen molar-refractivity contribution in [1.29, 1.82) is 0 Å². The number of fused-ring (bicyclic) bond motifs is 2. The van der Waals surface area contributed by atoms with E-state index >= 15 is 0 Å². The molecule has 3 N–H and O–H groups in total. The van der Waals surface area contributed by atoms with Gasteiger partial charge in [0.15, 0.2) is 0 Å². The molecular formula is C22H28N4O3. The molecule has 7 heteroatoms. The average Bonchev–Trinajstić information content (AvgIpc) is 3.22. The normalized spacial score (nSPS) is 32.3. The SMILES string of the molecule is NC1C[C@@H]2CCN(Cc3cccc4c3CN(C3CCC(=O)NC3=O)C4=O)C[C@@H]2C1. The van der Waals surface area contributed by atoms with Crippen LogP contribution in [0.25, 0.3) is 0 Å². The summed E-state index contributed by atoms with van der Waals surface area (Å²) in [6.07, 6.45) is 4.16. The lowest BCUT2D eigenvalue weighted by Crippen LogP contribution is -2.52. The van der Waals surface area contributed by atoms with E-state index < -0.39 is 6.04 Å². The molecule has 1 saturated carbocycles. The van der Waals surface area contributed by atoms with Gasteiger partial charge in [-0.15, -0.1) is 0 Å². The van der Waals surface area contributed by atoms with Crippen molar-refractivity contribution in [3.8, 4) is 0 Å². The van der Waals surface area contributed by atoms with Gasteiger partial charge < -0.3 is 10.6 Å². The predicted octanol–water partition coefficient (Wildman–Crippen LogP) is 1.01. The Kier molecular flexibility index (Phi) is 4.67. The molecule has 4 aliphatic rings. The van der Waals surface area contributed by atoms with Crippen LogP contribution in [0.4, 0.5) is 0 Å². The van der Waals surface area contributed by atoms with Gasteiger partial charge in [0.1, 0.15) is 6.04 Å². The second-order valence-electron chi connectivity index (χ2n) is 9.12. The smallest absolute Gasteiger partial charge is 0.255 e. The number of nitrogens with one attached hydrogen (secondary N) is 1. The number of nitrogens with two attached hydrogens (primary N) is 1. The molecule has 1 aliphatic carbocycles. The minimum atomic E-state index is -0.559. The monoisotopic (exact) mass is 396 g/mol. The first-order valence-corrected chi connectivity index (χ1v) is 10.7. The molecule has 2 unspecified atom stereocenters. The first-order chi connectivity index (χ1) is 14.0. The molecule has 2 saturated heterocycles. The van der Waals surface area contributed by atoms with Crippen LogP contribution in [-0.4, -0.2) is 52.7 Å². The third kappa shape index (κ3) is 3.36. The number of piperidine rings is 2. The maximum absolute atomic E-state index is 13.0. The van der Waals surface area contributed by atoms with Gasteiger partial charge in [-0.3, -0.25) is 24.6 Å². The maximum Gasteiger partial charge on any atom is 0.255 e. The van der Waals surface area contributed by atoms with Crippen LogP contribution in [0.3, 0.4) is 0 Å². The Morgan fingerprint density at radius 1 is 1.10 bits per heavy atom. The Labute approximate surface area is 170 Å². The number of hydrogen-bond donors (Lipinski definition) is 2. The molecule has 0 bridgehead atoms. The molecule has 29 heavy (non-hydrogen) atoms. The van der Waals surface area contributed by atoms with Crippen molar-refractivity contribution < 1.29 is 14.4 Å². The number of imide groups is 1. The fraction of sp³-hybridized carbons (Fsp3) is 0.591. The number of amides is 3. The highest BCUT2D eigenvalue weighted by Gasteiger charge is 2.40. The lowest BCUT2D eigenvalue weighted by molar-refractivity contribution is -0.136. The maximum atomic E-state index is 13.0. The standard InChI is InChI=1S/C22H28N4O3/c23-16-8-13-6-7-25(11-15(13)9-16)10-14-2-1-3-17-18(14)12-26(22(17)29)19-4-5-20(27)24-21(19)28/h1-3,13,15-16,19H,4-12,23H2,(H,24,27,28)/t13-,15-,16?,19?/m0/s1. The fourth-order valence-electron chi connectivity index (χ4n) is 5.79. The molecule has 4 atom stereocenters. The molecule has 5 rings (SSSR count). The molecule has 0 spiro atoms. The minimum Gasteiger partial charge on any atom is -0.328 e. The zero-order valence-corrected chi connectivity index (χ0v) is 16.6. The Balaban J connectivity index is 1.32. The van der Waals surface area contributed by atoms with E-state index in [1.165, 1.54) is 12.0 Å². The van der Waals surface area contributed by atoms with Crippen LogP contribution in [0.2, 0.25) is 0 Å². The van der Waals surface area contributed by atoms with Crippen LogP contribution in [-0.2, 0) is 22.7 Å². The number of carbonyl (C=O) groups excluding carboxylic acids is 3. The molecule has 0 radical (unpaired) electrons.